The number of carbonyl (C=O) groups excluding carboxylic acids is 2. The first-order valence-corrected chi connectivity index (χ1v) is 6.89. The van der Waals surface area contributed by atoms with Crippen LogP contribution >= 0.6 is 0 Å². The van der Waals surface area contributed by atoms with Crippen molar-refractivity contribution in [2.24, 2.45) is 0 Å². The van der Waals surface area contributed by atoms with E-state index < -0.39 is 12.1 Å². The monoisotopic (exact) mass is 291 g/mol. The Labute approximate surface area is 125 Å². The van der Waals surface area contributed by atoms with E-state index in [1.807, 2.05) is 30.3 Å². The summed E-state index contributed by atoms with van der Waals surface area (Å²) in [5.74, 6) is -0.446. The number of hydrogen-bond acceptors (Lipinski definition) is 4. The normalized spacial score (nSPS) is 9.76. The maximum absolute atomic E-state index is 12.0. The first-order chi connectivity index (χ1) is 10.2. The number of nitrogens with zero attached hydrogens (tertiary/aromatic N) is 1. The van der Waals surface area contributed by atoms with Crippen molar-refractivity contribution < 1.29 is 19.1 Å². The van der Waals surface area contributed by atoms with Gasteiger partial charge >= 0.3 is 12.1 Å². The third kappa shape index (κ3) is 6.61. The smallest absolute Gasteiger partial charge is 0.410 e. The van der Waals surface area contributed by atoms with Gasteiger partial charge in [0.2, 0.25) is 0 Å². The molecule has 0 saturated heterocycles. The lowest BCUT2D eigenvalue weighted by molar-refractivity contribution is -0.144. The van der Waals surface area contributed by atoms with Crippen LogP contribution in [0.1, 0.15) is 18.9 Å². The van der Waals surface area contributed by atoms with Crippen molar-refractivity contribution in [1.82, 2.24) is 4.90 Å². The predicted octanol–water partition coefficient (Wildman–Crippen LogP) is 2.76. The maximum Gasteiger partial charge on any atom is 0.410 e. The fraction of sp³-hybridized carbons (Fsp3) is 0.375. The van der Waals surface area contributed by atoms with Crippen LogP contribution in [0, 0.1) is 0 Å². The van der Waals surface area contributed by atoms with E-state index in [9.17, 15) is 9.59 Å². The van der Waals surface area contributed by atoms with Gasteiger partial charge in [-0.05, 0) is 18.9 Å². The number of carbonyl (C=O) groups is 2. The molecule has 0 atom stereocenters. The molecule has 0 radical (unpaired) electrons. The molecule has 0 spiro atoms. The molecule has 5 heteroatoms. The Morgan fingerprint density at radius 1 is 1.24 bits per heavy atom. The van der Waals surface area contributed by atoms with Crippen LogP contribution in [0.25, 0.3) is 0 Å². The first-order valence-electron chi connectivity index (χ1n) is 6.89. The molecule has 1 rings (SSSR count). The first kappa shape index (κ1) is 16.8. The highest BCUT2D eigenvalue weighted by atomic mass is 16.6. The van der Waals surface area contributed by atoms with Crippen molar-refractivity contribution >= 4 is 12.1 Å². The molecule has 1 amide bonds. The second kappa shape index (κ2) is 9.58. The number of rotatable bonds is 8. The molecule has 21 heavy (non-hydrogen) atoms. The zero-order valence-electron chi connectivity index (χ0n) is 12.3. The Kier molecular flexibility index (Phi) is 7.64. The van der Waals surface area contributed by atoms with Crippen molar-refractivity contribution in [3.05, 3.63) is 48.6 Å². The number of amides is 1. The molecule has 0 N–H and O–H groups in total. The quantitative estimate of drug-likeness (QED) is 0.546. The predicted molar refractivity (Wildman–Crippen MR) is 79.6 cm³/mol. The third-order valence-electron chi connectivity index (χ3n) is 2.69. The molecule has 0 aliphatic carbocycles. The molecule has 0 bridgehead atoms. The summed E-state index contributed by atoms with van der Waals surface area (Å²) >= 11 is 0. The molecule has 0 heterocycles. The van der Waals surface area contributed by atoms with Gasteiger partial charge in [0.05, 0.1) is 6.61 Å². The summed E-state index contributed by atoms with van der Waals surface area (Å²) in [6.07, 6.45) is 1.73. The van der Waals surface area contributed by atoms with Crippen LogP contribution in [0.3, 0.4) is 0 Å². The lowest BCUT2D eigenvalue weighted by atomic mass is 10.2. The summed E-state index contributed by atoms with van der Waals surface area (Å²) in [5.41, 5.74) is 0.894. The third-order valence-corrected chi connectivity index (χ3v) is 2.69. The van der Waals surface area contributed by atoms with Crippen molar-refractivity contribution in [2.45, 2.75) is 20.0 Å². The van der Waals surface area contributed by atoms with E-state index in [2.05, 4.69) is 6.58 Å². The highest BCUT2D eigenvalue weighted by molar-refractivity contribution is 5.78. The summed E-state index contributed by atoms with van der Waals surface area (Å²) in [5, 5.41) is 0. The molecule has 0 unspecified atom stereocenters. The summed E-state index contributed by atoms with van der Waals surface area (Å²) in [6.45, 7) is 6.04. The highest BCUT2D eigenvalue weighted by Gasteiger charge is 2.18. The summed E-state index contributed by atoms with van der Waals surface area (Å²) in [6, 6.07) is 9.37. The van der Waals surface area contributed by atoms with Gasteiger partial charge in [-0.2, -0.15) is 0 Å². The van der Waals surface area contributed by atoms with Gasteiger partial charge in [-0.25, -0.2) is 4.79 Å². The van der Waals surface area contributed by atoms with Gasteiger partial charge in [-0.3, -0.25) is 9.69 Å². The Bertz CT molecular complexity index is 459. The number of benzene rings is 1. The van der Waals surface area contributed by atoms with E-state index >= 15 is 0 Å². The van der Waals surface area contributed by atoms with Crippen LogP contribution in [0.5, 0.6) is 0 Å². The fourth-order valence-corrected chi connectivity index (χ4v) is 1.66. The molecule has 0 aromatic heterocycles. The van der Waals surface area contributed by atoms with Gasteiger partial charge in [0.1, 0.15) is 13.2 Å². The van der Waals surface area contributed by atoms with Crippen molar-refractivity contribution in [1.29, 1.82) is 0 Å². The van der Waals surface area contributed by atoms with Crippen LogP contribution in [0.2, 0.25) is 0 Å². The summed E-state index contributed by atoms with van der Waals surface area (Å²) < 4.78 is 10.1. The van der Waals surface area contributed by atoms with Crippen LogP contribution in [0.15, 0.2) is 43.0 Å². The number of ether oxygens (including phenoxy) is 2. The molecule has 0 saturated carbocycles. The average molecular weight is 291 g/mol. The Balaban J connectivity index is 2.53. The van der Waals surface area contributed by atoms with Gasteiger partial charge < -0.3 is 9.47 Å². The Hall–Kier alpha value is -2.30. The average Bonchev–Trinajstić information content (AvgIpc) is 2.50. The van der Waals surface area contributed by atoms with E-state index in [1.165, 1.54) is 4.90 Å². The second-order valence-electron chi connectivity index (χ2n) is 4.34. The molecular weight excluding hydrogens is 270 g/mol. The van der Waals surface area contributed by atoms with Crippen LogP contribution in [0.4, 0.5) is 4.79 Å². The van der Waals surface area contributed by atoms with Crippen LogP contribution < -0.4 is 0 Å². The van der Waals surface area contributed by atoms with Crippen LogP contribution in [-0.4, -0.2) is 36.7 Å². The molecule has 0 fully saturated rings. The van der Waals surface area contributed by atoms with E-state index in [0.717, 1.165) is 5.56 Å². The minimum absolute atomic E-state index is 0.116. The van der Waals surface area contributed by atoms with Crippen molar-refractivity contribution in [3.8, 4) is 0 Å². The molecule has 114 valence electrons. The van der Waals surface area contributed by atoms with Gasteiger partial charge in [0, 0.05) is 6.54 Å². The van der Waals surface area contributed by atoms with Crippen molar-refractivity contribution in [3.63, 3.8) is 0 Å². The van der Waals surface area contributed by atoms with E-state index in [1.54, 1.807) is 13.0 Å². The van der Waals surface area contributed by atoms with Gasteiger partial charge in [0.15, 0.2) is 0 Å². The molecule has 0 aliphatic heterocycles. The van der Waals surface area contributed by atoms with Gasteiger partial charge in [0.25, 0.3) is 0 Å². The Morgan fingerprint density at radius 2 is 1.95 bits per heavy atom. The topological polar surface area (TPSA) is 55.8 Å². The largest absolute Gasteiger partial charge is 0.465 e. The minimum Gasteiger partial charge on any atom is -0.465 e. The molecular formula is C16H21NO4. The minimum atomic E-state index is -0.534. The molecule has 5 nitrogen and oxygen atoms in total. The summed E-state index contributed by atoms with van der Waals surface area (Å²) in [4.78, 5) is 24.8. The van der Waals surface area contributed by atoms with E-state index in [0.29, 0.717) is 13.0 Å². The molecule has 0 aliphatic rings. The zero-order chi connectivity index (χ0) is 15.5. The fourth-order valence-electron chi connectivity index (χ4n) is 1.66. The van der Waals surface area contributed by atoms with E-state index in [4.69, 9.17) is 9.47 Å². The molecule has 1 aromatic rings. The lowest BCUT2D eigenvalue weighted by Crippen LogP contribution is -2.37. The number of hydrogen-bond donors (Lipinski definition) is 0. The van der Waals surface area contributed by atoms with Gasteiger partial charge in [-0.15, -0.1) is 6.58 Å². The van der Waals surface area contributed by atoms with E-state index in [-0.39, 0.29) is 19.8 Å². The second-order valence-corrected chi connectivity index (χ2v) is 4.34. The van der Waals surface area contributed by atoms with Gasteiger partial charge in [-0.1, -0.05) is 36.4 Å². The lowest BCUT2D eigenvalue weighted by Gasteiger charge is -2.20. The summed E-state index contributed by atoms with van der Waals surface area (Å²) in [7, 11) is 0. The molecule has 1 aromatic carbocycles. The standard InChI is InChI=1S/C16H21NO4/c1-3-5-11-17(12-15(18)20-4-2)16(19)21-13-14-9-7-6-8-10-14/h3,6-10H,1,4-5,11-13H2,2H3. The SMILES string of the molecule is C=CCCN(CC(=O)OCC)C(=O)OCc1ccccc1. The van der Waals surface area contributed by atoms with Crippen molar-refractivity contribution in [2.75, 3.05) is 19.7 Å². The zero-order valence-corrected chi connectivity index (χ0v) is 12.3. The van der Waals surface area contributed by atoms with Crippen LogP contribution in [-0.2, 0) is 20.9 Å². The maximum atomic E-state index is 12.0. The Morgan fingerprint density at radius 3 is 2.57 bits per heavy atom. The highest BCUT2D eigenvalue weighted by Crippen LogP contribution is 2.04. The number of esters is 1.